The molecule has 0 saturated carbocycles. The van der Waals surface area contributed by atoms with Gasteiger partial charge < -0.3 is 25.5 Å². The Kier molecular flexibility index (Phi) is 6.89. The summed E-state index contributed by atoms with van der Waals surface area (Å²) in [5.74, 6) is 1.72. The van der Waals surface area contributed by atoms with Gasteiger partial charge in [-0.15, -0.1) is 0 Å². The third-order valence-corrected chi connectivity index (χ3v) is 7.91. The van der Waals surface area contributed by atoms with E-state index in [1.165, 1.54) is 10.6 Å². The smallest absolute Gasteiger partial charge is 0.407 e. The number of hydrogen-bond donors (Lipinski definition) is 3. The highest BCUT2D eigenvalue weighted by molar-refractivity contribution is 5.90. The van der Waals surface area contributed by atoms with Crippen molar-refractivity contribution < 1.29 is 9.90 Å². The van der Waals surface area contributed by atoms with Crippen LogP contribution in [0, 0.1) is 19.8 Å². The van der Waals surface area contributed by atoms with Crippen LogP contribution >= 0.6 is 0 Å². The molecule has 0 unspecified atom stereocenters. The number of likely N-dealkylation sites (tertiary alicyclic amines) is 1. The summed E-state index contributed by atoms with van der Waals surface area (Å²) in [6.45, 7) is 10.4. The average Bonchev–Trinajstić information content (AvgIpc) is 3.23. The molecule has 0 atom stereocenters. The first-order chi connectivity index (χ1) is 19.3. The molecule has 2 aromatic heterocycles. The number of fused-ring (bicyclic) bond motifs is 1. The molecule has 2 aliphatic rings. The largest absolute Gasteiger partial charge is 0.465 e. The van der Waals surface area contributed by atoms with Crippen LogP contribution in [0.2, 0.25) is 0 Å². The van der Waals surface area contributed by atoms with Crippen molar-refractivity contribution >= 4 is 46.0 Å². The predicted molar refractivity (Wildman–Crippen MR) is 157 cm³/mol. The first kappa shape index (κ1) is 25.9. The van der Waals surface area contributed by atoms with Crippen LogP contribution in [0.4, 0.5) is 33.6 Å². The standard InChI is InChI=1S/C29H35N9O2/c1-19-5-4-6-20(2)25(19)32-26-24-15-30-28(33-27(24)35(3)34-26)31-22-7-9-23(10-8-22)37-13-11-36(12-14-37)16-21-17-38(18-21)29(39)40/h4-10,15,21H,11-14,16-18H2,1-3H3,(H,32,34)(H,39,40)(H,30,31,33). The van der Waals surface area contributed by atoms with Crippen LogP contribution in [0.15, 0.2) is 48.7 Å². The number of aryl methyl sites for hydroxylation is 3. The maximum absolute atomic E-state index is 11.0. The van der Waals surface area contributed by atoms with Crippen molar-refractivity contribution in [2.75, 3.05) is 61.3 Å². The van der Waals surface area contributed by atoms with E-state index in [0.29, 0.717) is 25.0 Å². The number of nitrogens with one attached hydrogen (secondary N) is 2. The molecule has 2 aromatic carbocycles. The van der Waals surface area contributed by atoms with Crippen molar-refractivity contribution in [2.45, 2.75) is 13.8 Å². The Morgan fingerprint density at radius 1 is 1.00 bits per heavy atom. The molecule has 11 heteroatoms. The third kappa shape index (κ3) is 5.24. The van der Waals surface area contributed by atoms with Crippen molar-refractivity contribution in [1.82, 2.24) is 29.5 Å². The molecule has 2 saturated heterocycles. The number of hydrogen-bond acceptors (Lipinski definition) is 8. The van der Waals surface area contributed by atoms with Crippen molar-refractivity contribution in [2.24, 2.45) is 13.0 Å². The number of amides is 1. The molecule has 0 radical (unpaired) electrons. The zero-order valence-electron chi connectivity index (χ0n) is 23.1. The highest BCUT2D eigenvalue weighted by Gasteiger charge is 2.32. The van der Waals surface area contributed by atoms with Gasteiger partial charge in [0.15, 0.2) is 11.5 Å². The molecular formula is C29H35N9O2. The molecular weight excluding hydrogens is 506 g/mol. The van der Waals surface area contributed by atoms with Crippen LogP contribution in [0.5, 0.6) is 0 Å². The Morgan fingerprint density at radius 2 is 1.70 bits per heavy atom. The average molecular weight is 542 g/mol. The zero-order valence-corrected chi connectivity index (χ0v) is 23.1. The zero-order chi connectivity index (χ0) is 27.8. The highest BCUT2D eigenvalue weighted by Crippen LogP contribution is 2.29. The molecule has 1 amide bonds. The van der Waals surface area contributed by atoms with E-state index in [2.05, 4.69) is 86.8 Å². The summed E-state index contributed by atoms with van der Waals surface area (Å²) >= 11 is 0. The van der Waals surface area contributed by atoms with Gasteiger partial charge in [0.2, 0.25) is 5.95 Å². The van der Waals surface area contributed by atoms with Gasteiger partial charge >= 0.3 is 6.09 Å². The molecule has 0 bridgehead atoms. The Morgan fingerprint density at radius 3 is 2.38 bits per heavy atom. The summed E-state index contributed by atoms with van der Waals surface area (Å²) in [4.78, 5) is 26.6. The lowest BCUT2D eigenvalue weighted by Crippen LogP contribution is -2.56. The van der Waals surface area contributed by atoms with Gasteiger partial charge in [-0.25, -0.2) is 14.5 Å². The molecule has 4 heterocycles. The summed E-state index contributed by atoms with van der Waals surface area (Å²) in [6.07, 6.45) is 1.00. The van der Waals surface area contributed by atoms with E-state index in [4.69, 9.17) is 10.1 Å². The van der Waals surface area contributed by atoms with E-state index in [1.54, 1.807) is 4.68 Å². The van der Waals surface area contributed by atoms with E-state index >= 15 is 0 Å². The number of carbonyl (C=O) groups is 1. The quantitative estimate of drug-likeness (QED) is 0.317. The van der Waals surface area contributed by atoms with E-state index in [0.717, 1.165) is 72.1 Å². The van der Waals surface area contributed by atoms with E-state index < -0.39 is 6.09 Å². The molecule has 0 aliphatic carbocycles. The predicted octanol–water partition coefficient (Wildman–Crippen LogP) is 4.20. The number of aromatic nitrogens is 4. The van der Waals surface area contributed by atoms with Gasteiger partial charge in [0, 0.05) is 82.0 Å². The number of carboxylic acid groups (broad SMARTS) is 1. The van der Waals surface area contributed by atoms with Gasteiger partial charge in [-0.2, -0.15) is 10.1 Å². The Labute approximate surface area is 233 Å². The van der Waals surface area contributed by atoms with Gasteiger partial charge in [0.25, 0.3) is 0 Å². The minimum atomic E-state index is -0.807. The summed E-state index contributed by atoms with van der Waals surface area (Å²) in [6, 6.07) is 14.6. The fraction of sp³-hybridized carbons (Fsp3) is 0.379. The molecule has 208 valence electrons. The van der Waals surface area contributed by atoms with Crippen LogP contribution in [0.25, 0.3) is 11.0 Å². The van der Waals surface area contributed by atoms with Crippen molar-refractivity contribution in [1.29, 1.82) is 0 Å². The van der Waals surface area contributed by atoms with Gasteiger partial charge in [0.05, 0.1) is 5.39 Å². The van der Waals surface area contributed by atoms with E-state index in [9.17, 15) is 4.79 Å². The minimum absolute atomic E-state index is 0.459. The number of rotatable bonds is 7. The fourth-order valence-corrected chi connectivity index (χ4v) is 5.60. The lowest BCUT2D eigenvalue weighted by molar-refractivity contribution is 0.0608. The monoisotopic (exact) mass is 541 g/mol. The summed E-state index contributed by atoms with van der Waals surface area (Å²) in [5.41, 5.74) is 6.23. The molecule has 6 rings (SSSR count). The fourth-order valence-electron chi connectivity index (χ4n) is 5.60. The van der Waals surface area contributed by atoms with Gasteiger partial charge in [-0.1, -0.05) is 18.2 Å². The lowest BCUT2D eigenvalue weighted by atomic mass is 10.00. The summed E-state index contributed by atoms with van der Waals surface area (Å²) < 4.78 is 1.77. The first-order valence-corrected chi connectivity index (χ1v) is 13.7. The second kappa shape index (κ2) is 10.6. The highest BCUT2D eigenvalue weighted by atomic mass is 16.4. The Balaban J connectivity index is 1.06. The third-order valence-electron chi connectivity index (χ3n) is 7.91. The lowest BCUT2D eigenvalue weighted by Gasteiger charge is -2.42. The molecule has 40 heavy (non-hydrogen) atoms. The Hall–Kier alpha value is -4.38. The van der Waals surface area contributed by atoms with Gasteiger partial charge in [-0.05, 0) is 49.2 Å². The molecule has 2 fully saturated rings. The van der Waals surface area contributed by atoms with Gasteiger partial charge in [0.1, 0.15) is 0 Å². The number of anilines is 5. The summed E-state index contributed by atoms with van der Waals surface area (Å²) in [7, 11) is 1.89. The van der Waals surface area contributed by atoms with Crippen LogP contribution in [0.1, 0.15) is 11.1 Å². The van der Waals surface area contributed by atoms with Crippen molar-refractivity contribution in [3.8, 4) is 0 Å². The second-order valence-corrected chi connectivity index (χ2v) is 10.8. The molecule has 2 aliphatic heterocycles. The normalized spacial score (nSPS) is 16.3. The summed E-state index contributed by atoms with van der Waals surface area (Å²) in [5, 5.41) is 21.3. The number of benzene rings is 2. The maximum atomic E-state index is 11.0. The minimum Gasteiger partial charge on any atom is -0.465 e. The van der Waals surface area contributed by atoms with Crippen LogP contribution < -0.4 is 15.5 Å². The molecule has 0 spiro atoms. The number of piperazine rings is 1. The number of nitrogens with zero attached hydrogens (tertiary/aromatic N) is 7. The topological polar surface area (TPSA) is 115 Å². The van der Waals surface area contributed by atoms with E-state index in [-0.39, 0.29) is 0 Å². The van der Waals surface area contributed by atoms with Gasteiger partial charge in [-0.3, -0.25) is 4.90 Å². The maximum Gasteiger partial charge on any atom is 0.407 e. The molecule has 3 N–H and O–H groups in total. The van der Waals surface area contributed by atoms with E-state index in [1.807, 2.05) is 13.2 Å². The van der Waals surface area contributed by atoms with Crippen LogP contribution in [-0.4, -0.2) is 86.6 Å². The first-order valence-electron chi connectivity index (χ1n) is 13.7. The Bertz CT molecular complexity index is 1500. The SMILES string of the molecule is Cc1cccc(C)c1Nc1nn(C)c2nc(Nc3ccc(N4CCN(CC5CN(C(=O)O)C5)CC4)cc3)ncc12. The molecule has 4 aromatic rings. The van der Waals surface area contributed by atoms with Crippen molar-refractivity contribution in [3.63, 3.8) is 0 Å². The van der Waals surface area contributed by atoms with Crippen LogP contribution in [0.3, 0.4) is 0 Å². The second-order valence-electron chi connectivity index (χ2n) is 10.8. The van der Waals surface area contributed by atoms with Crippen molar-refractivity contribution in [3.05, 3.63) is 59.8 Å². The number of para-hydroxylation sites is 1. The van der Waals surface area contributed by atoms with Crippen LogP contribution in [-0.2, 0) is 7.05 Å². The molecule has 11 nitrogen and oxygen atoms in total.